The van der Waals surface area contributed by atoms with Gasteiger partial charge in [-0.2, -0.15) is 0 Å². The molecule has 2 amide bonds. The van der Waals surface area contributed by atoms with Crippen LogP contribution in [0, 0.1) is 5.92 Å². The van der Waals surface area contributed by atoms with Gasteiger partial charge in [-0.15, -0.1) is 11.3 Å². The summed E-state index contributed by atoms with van der Waals surface area (Å²) in [5.41, 5.74) is 2.47. The van der Waals surface area contributed by atoms with Gasteiger partial charge in [-0.1, -0.05) is 30.9 Å². The monoisotopic (exact) mass is 416 g/mol. The fourth-order valence-electron chi connectivity index (χ4n) is 4.20. The molecule has 1 saturated carbocycles. The predicted octanol–water partition coefficient (Wildman–Crippen LogP) is 6.05. The van der Waals surface area contributed by atoms with E-state index < -0.39 is 0 Å². The molecule has 1 aromatic heterocycles. The average molecular weight is 417 g/mol. The molecule has 2 N–H and O–H groups in total. The quantitative estimate of drug-likeness (QED) is 0.637. The van der Waals surface area contributed by atoms with Crippen LogP contribution in [0.25, 0.3) is 0 Å². The third-order valence-electron chi connectivity index (χ3n) is 5.71. The molecule has 1 heterocycles. The molecule has 0 unspecified atom stereocenters. The first-order valence-electron chi connectivity index (χ1n) is 10.1. The van der Waals surface area contributed by atoms with Crippen molar-refractivity contribution in [2.24, 2.45) is 5.92 Å². The Kier molecular flexibility index (Phi) is 6.02. The van der Waals surface area contributed by atoms with E-state index in [1.54, 1.807) is 35.6 Å². The Labute approximate surface area is 174 Å². The molecule has 2 aromatic rings. The number of hydrogen-bond acceptors (Lipinski definition) is 3. The van der Waals surface area contributed by atoms with Crippen molar-refractivity contribution in [2.45, 2.75) is 57.8 Å². The summed E-state index contributed by atoms with van der Waals surface area (Å²) in [5.74, 6) is -0.0143. The number of thiophene rings is 1. The molecule has 1 aromatic carbocycles. The van der Waals surface area contributed by atoms with Crippen molar-refractivity contribution >= 4 is 45.4 Å². The van der Waals surface area contributed by atoms with E-state index in [4.69, 9.17) is 11.6 Å². The summed E-state index contributed by atoms with van der Waals surface area (Å²) < 4.78 is 0. The zero-order chi connectivity index (χ0) is 19.5. The number of benzene rings is 1. The summed E-state index contributed by atoms with van der Waals surface area (Å²) in [5, 5.41) is 7.43. The van der Waals surface area contributed by atoms with E-state index in [0.29, 0.717) is 21.3 Å². The van der Waals surface area contributed by atoms with Crippen molar-refractivity contribution in [2.75, 3.05) is 10.6 Å². The van der Waals surface area contributed by atoms with Crippen LogP contribution in [-0.2, 0) is 17.6 Å². The van der Waals surface area contributed by atoms with Crippen LogP contribution in [0.15, 0.2) is 24.3 Å². The Morgan fingerprint density at radius 1 is 0.929 bits per heavy atom. The third kappa shape index (κ3) is 4.26. The topological polar surface area (TPSA) is 58.2 Å². The number of fused-ring (bicyclic) bond motifs is 1. The Balaban J connectivity index is 1.59. The van der Waals surface area contributed by atoms with Crippen LogP contribution in [0.4, 0.5) is 10.7 Å². The highest BCUT2D eigenvalue weighted by Crippen LogP contribution is 2.39. The van der Waals surface area contributed by atoms with Gasteiger partial charge in [0, 0.05) is 21.5 Å². The van der Waals surface area contributed by atoms with Crippen LogP contribution in [-0.4, -0.2) is 11.8 Å². The summed E-state index contributed by atoms with van der Waals surface area (Å²) in [6, 6.07) is 7.09. The molecule has 0 aliphatic heterocycles. The molecule has 2 aliphatic carbocycles. The van der Waals surface area contributed by atoms with Gasteiger partial charge in [-0.25, -0.2) is 0 Å². The number of rotatable bonds is 4. The number of anilines is 2. The maximum atomic E-state index is 13.1. The summed E-state index contributed by atoms with van der Waals surface area (Å²) in [4.78, 5) is 27.2. The smallest absolute Gasteiger partial charge is 0.258 e. The van der Waals surface area contributed by atoms with Crippen molar-refractivity contribution in [3.8, 4) is 0 Å². The molecule has 148 valence electrons. The normalized spacial score (nSPS) is 17.0. The van der Waals surface area contributed by atoms with Crippen molar-refractivity contribution in [3.63, 3.8) is 0 Å². The summed E-state index contributed by atoms with van der Waals surface area (Å²) >= 11 is 7.52. The summed E-state index contributed by atoms with van der Waals surface area (Å²) in [7, 11) is 0. The van der Waals surface area contributed by atoms with Crippen molar-refractivity contribution in [3.05, 3.63) is 45.3 Å². The van der Waals surface area contributed by atoms with E-state index in [1.807, 2.05) is 0 Å². The van der Waals surface area contributed by atoms with Crippen LogP contribution in [0.3, 0.4) is 0 Å². The maximum Gasteiger partial charge on any atom is 0.258 e. The lowest BCUT2D eigenvalue weighted by atomic mass is 9.88. The van der Waals surface area contributed by atoms with Crippen molar-refractivity contribution in [1.82, 2.24) is 0 Å². The first kappa shape index (κ1) is 19.5. The number of hydrogen-bond donors (Lipinski definition) is 2. The molecule has 28 heavy (non-hydrogen) atoms. The molecule has 0 bridgehead atoms. The van der Waals surface area contributed by atoms with Crippen LogP contribution >= 0.6 is 22.9 Å². The molecular weight excluding hydrogens is 392 g/mol. The van der Waals surface area contributed by atoms with Gasteiger partial charge in [0.15, 0.2) is 0 Å². The van der Waals surface area contributed by atoms with E-state index in [9.17, 15) is 9.59 Å². The van der Waals surface area contributed by atoms with Gasteiger partial charge in [-0.05, 0) is 68.4 Å². The highest BCUT2D eigenvalue weighted by Gasteiger charge is 2.28. The van der Waals surface area contributed by atoms with Crippen LogP contribution in [0.5, 0.6) is 0 Å². The molecule has 0 atom stereocenters. The van der Waals surface area contributed by atoms with E-state index in [2.05, 4.69) is 10.6 Å². The van der Waals surface area contributed by atoms with Gasteiger partial charge in [0.25, 0.3) is 5.91 Å². The number of amides is 2. The van der Waals surface area contributed by atoms with E-state index in [-0.39, 0.29) is 17.7 Å². The highest BCUT2D eigenvalue weighted by molar-refractivity contribution is 7.17. The minimum Gasteiger partial charge on any atom is -0.322 e. The van der Waals surface area contributed by atoms with E-state index in [0.717, 1.165) is 56.9 Å². The molecule has 1 fully saturated rings. The molecular formula is C22H25ClN2O2S. The first-order chi connectivity index (χ1) is 13.6. The van der Waals surface area contributed by atoms with Crippen molar-refractivity contribution in [1.29, 1.82) is 0 Å². The highest BCUT2D eigenvalue weighted by atomic mass is 35.5. The van der Waals surface area contributed by atoms with Crippen LogP contribution < -0.4 is 10.6 Å². The van der Waals surface area contributed by atoms with Gasteiger partial charge >= 0.3 is 0 Å². The van der Waals surface area contributed by atoms with Crippen LogP contribution in [0.1, 0.15) is 65.7 Å². The zero-order valence-electron chi connectivity index (χ0n) is 15.9. The number of aryl methyl sites for hydroxylation is 1. The van der Waals surface area contributed by atoms with E-state index in [1.165, 1.54) is 11.3 Å². The summed E-state index contributed by atoms with van der Waals surface area (Å²) in [6.45, 7) is 0. The lowest BCUT2D eigenvalue weighted by Crippen LogP contribution is -2.25. The second kappa shape index (κ2) is 8.66. The zero-order valence-corrected chi connectivity index (χ0v) is 17.4. The Bertz CT molecular complexity index is 869. The molecule has 0 spiro atoms. The SMILES string of the molecule is O=C(Nc1ccc(Cl)cc1)c1c(NC(=O)C2CCCCC2)sc2c1CCCC2. The number of nitrogens with one attached hydrogen (secondary N) is 2. The fraction of sp³-hybridized carbons (Fsp3) is 0.455. The molecule has 0 radical (unpaired) electrons. The van der Waals surface area contributed by atoms with Gasteiger partial charge in [0.05, 0.1) is 5.56 Å². The first-order valence-corrected chi connectivity index (χ1v) is 11.3. The minimum atomic E-state index is -0.152. The van der Waals surface area contributed by atoms with Gasteiger partial charge in [0.2, 0.25) is 5.91 Å². The predicted molar refractivity (Wildman–Crippen MR) is 116 cm³/mol. The molecule has 4 nitrogen and oxygen atoms in total. The summed E-state index contributed by atoms with van der Waals surface area (Å²) in [6.07, 6.45) is 9.45. The standard InChI is InChI=1S/C22H25ClN2O2S/c23-15-10-12-16(13-11-15)24-21(27)19-17-8-4-5-9-18(17)28-22(19)25-20(26)14-6-2-1-3-7-14/h10-14H,1-9H2,(H,24,27)(H,25,26). The Hall–Kier alpha value is -1.85. The number of halogens is 1. The second-order valence-electron chi connectivity index (χ2n) is 7.70. The second-order valence-corrected chi connectivity index (χ2v) is 9.24. The Morgan fingerprint density at radius 3 is 2.39 bits per heavy atom. The lowest BCUT2D eigenvalue weighted by Gasteiger charge is -2.20. The van der Waals surface area contributed by atoms with Gasteiger partial charge < -0.3 is 10.6 Å². The minimum absolute atomic E-state index is 0.0684. The van der Waals surface area contributed by atoms with E-state index >= 15 is 0 Å². The number of carbonyl (C=O) groups is 2. The largest absolute Gasteiger partial charge is 0.322 e. The fourth-order valence-corrected chi connectivity index (χ4v) is 5.62. The van der Waals surface area contributed by atoms with Gasteiger partial charge in [-0.3, -0.25) is 9.59 Å². The average Bonchev–Trinajstić information content (AvgIpc) is 3.08. The van der Waals surface area contributed by atoms with Crippen LogP contribution in [0.2, 0.25) is 5.02 Å². The van der Waals surface area contributed by atoms with Crippen molar-refractivity contribution < 1.29 is 9.59 Å². The molecule has 0 saturated heterocycles. The lowest BCUT2D eigenvalue weighted by molar-refractivity contribution is -0.120. The maximum absolute atomic E-state index is 13.1. The molecule has 2 aliphatic rings. The molecule has 4 rings (SSSR count). The van der Waals surface area contributed by atoms with Gasteiger partial charge in [0.1, 0.15) is 5.00 Å². The number of carbonyl (C=O) groups excluding carboxylic acids is 2. The molecule has 6 heteroatoms. The Morgan fingerprint density at radius 2 is 1.64 bits per heavy atom. The third-order valence-corrected chi connectivity index (χ3v) is 7.17.